The summed E-state index contributed by atoms with van der Waals surface area (Å²) in [6.07, 6.45) is 3.40. The number of aliphatic hydroxyl groups excluding tert-OH is 1. The van der Waals surface area contributed by atoms with Crippen molar-refractivity contribution in [3.63, 3.8) is 0 Å². The summed E-state index contributed by atoms with van der Waals surface area (Å²) in [6, 6.07) is 0.562. The van der Waals surface area contributed by atoms with Crippen LogP contribution >= 0.6 is 0 Å². The highest BCUT2D eigenvalue weighted by Gasteiger charge is 2.21. The fourth-order valence-electron chi connectivity index (χ4n) is 2.30. The average Bonchev–Trinajstić information content (AvgIpc) is 2.31. The van der Waals surface area contributed by atoms with Gasteiger partial charge in [0.05, 0.1) is 0 Å². The average molecular weight is 200 g/mol. The molecule has 0 bridgehead atoms. The smallest absolute Gasteiger partial charge is 0.0446 e. The van der Waals surface area contributed by atoms with Crippen molar-refractivity contribution in [1.29, 1.82) is 0 Å². The van der Waals surface area contributed by atoms with Gasteiger partial charge in [-0.3, -0.25) is 4.90 Å². The molecule has 0 spiro atoms. The van der Waals surface area contributed by atoms with Crippen LogP contribution in [0.4, 0.5) is 0 Å². The van der Waals surface area contributed by atoms with Crippen molar-refractivity contribution in [3.8, 4) is 0 Å². The van der Waals surface area contributed by atoms with E-state index in [-0.39, 0.29) is 0 Å². The molecule has 0 radical (unpaired) electrons. The summed E-state index contributed by atoms with van der Waals surface area (Å²) in [5, 5.41) is 9.04. The maximum atomic E-state index is 9.04. The third kappa shape index (κ3) is 3.56. The van der Waals surface area contributed by atoms with E-state index < -0.39 is 0 Å². The number of nitrogens with zero attached hydrogens (tertiary/aromatic N) is 2. The normalized spacial score (nSPS) is 26.4. The molecule has 1 saturated heterocycles. The molecule has 1 unspecified atom stereocenters. The SMILES string of the molecule is CCCN1CCCN(C)CC1CCO. The van der Waals surface area contributed by atoms with E-state index in [1.54, 1.807) is 0 Å². The number of hydrogen-bond donors (Lipinski definition) is 1. The topological polar surface area (TPSA) is 26.7 Å². The van der Waals surface area contributed by atoms with Gasteiger partial charge in [0.2, 0.25) is 0 Å². The summed E-state index contributed by atoms with van der Waals surface area (Å²) in [5.41, 5.74) is 0. The van der Waals surface area contributed by atoms with Crippen molar-refractivity contribution in [2.24, 2.45) is 0 Å². The minimum Gasteiger partial charge on any atom is -0.396 e. The lowest BCUT2D eigenvalue weighted by Crippen LogP contribution is -2.41. The zero-order valence-electron chi connectivity index (χ0n) is 9.58. The van der Waals surface area contributed by atoms with Crippen LogP contribution in [0.25, 0.3) is 0 Å². The Labute approximate surface area is 87.7 Å². The lowest BCUT2D eigenvalue weighted by atomic mass is 10.1. The molecule has 1 N–H and O–H groups in total. The first kappa shape index (κ1) is 12.0. The fourth-order valence-corrected chi connectivity index (χ4v) is 2.30. The summed E-state index contributed by atoms with van der Waals surface area (Å²) in [7, 11) is 2.18. The van der Waals surface area contributed by atoms with Crippen molar-refractivity contribution < 1.29 is 5.11 Å². The van der Waals surface area contributed by atoms with E-state index in [4.69, 9.17) is 5.11 Å². The Bertz CT molecular complexity index is 152. The summed E-state index contributed by atoms with van der Waals surface area (Å²) in [5.74, 6) is 0. The summed E-state index contributed by atoms with van der Waals surface area (Å²) < 4.78 is 0. The minimum absolute atomic E-state index is 0.318. The molecule has 0 aliphatic carbocycles. The van der Waals surface area contributed by atoms with E-state index in [0.29, 0.717) is 12.6 Å². The zero-order valence-corrected chi connectivity index (χ0v) is 9.58. The summed E-state index contributed by atoms with van der Waals surface area (Å²) in [4.78, 5) is 4.93. The molecule has 0 aromatic rings. The predicted octanol–water partition coefficient (Wildman–Crippen LogP) is 0.785. The maximum Gasteiger partial charge on any atom is 0.0446 e. The van der Waals surface area contributed by atoms with Crippen LogP contribution in [-0.4, -0.2) is 60.8 Å². The standard InChI is InChI=1S/C11H24N2O/c1-3-6-13-8-4-7-12(2)10-11(13)5-9-14/h11,14H,3-10H2,1-2H3. The molecule has 84 valence electrons. The molecule has 3 nitrogen and oxygen atoms in total. The first-order valence-electron chi connectivity index (χ1n) is 5.81. The molecule has 1 aliphatic rings. The van der Waals surface area contributed by atoms with Gasteiger partial charge in [0.1, 0.15) is 0 Å². The number of likely N-dealkylation sites (N-methyl/N-ethyl adjacent to an activating group) is 1. The Balaban J connectivity index is 2.49. The maximum absolute atomic E-state index is 9.04. The van der Waals surface area contributed by atoms with Crippen LogP contribution in [0.1, 0.15) is 26.2 Å². The van der Waals surface area contributed by atoms with Crippen LogP contribution in [0.5, 0.6) is 0 Å². The van der Waals surface area contributed by atoms with Crippen LogP contribution in [0.15, 0.2) is 0 Å². The van der Waals surface area contributed by atoms with E-state index in [1.165, 1.54) is 32.5 Å². The summed E-state index contributed by atoms with van der Waals surface area (Å²) >= 11 is 0. The highest BCUT2D eigenvalue weighted by Crippen LogP contribution is 2.12. The first-order chi connectivity index (χ1) is 6.77. The Morgan fingerprint density at radius 1 is 1.36 bits per heavy atom. The van der Waals surface area contributed by atoms with Gasteiger partial charge in [-0.25, -0.2) is 0 Å². The van der Waals surface area contributed by atoms with Crippen LogP contribution in [0.2, 0.25) is 0 Å². The second-order valence-electron chi connectivity index (χ2n) is 4.32. The van der Waals surface area contributed by atoms with Gasteiger partial charge in [0.15, 0.2) is 0 Å². The molecule has 14 heavy (non-hydrogen) atoms. The van der Waals surface area contributed by atoms with E-state index >= 15 is 0 Å². The van der Waals surface area contributed by atoms with Crippen LogP contribution < -0.4 is 0 Å². The van der Waals surface area contributed by atoms with Gasteiger partial charge in [0.25, 0.3) is 0 Å². The monoisotopic (exact) mass is 200 g/mol. The zero-order chi connectivity index (χ0) is 10.4. The second-order valence-corrected chi connectivity index (χ2v) is 4.32. The fraction of sp³-hybridized carbons (Fsp3) is 1.00. The van der Waals surface area contributed by atoms with Crippen molar-refractivity contribution in [3.05, 3.63) is 0 Å². The summed E-state index contributed by atoms with van der Waals surface area (Å²) in [6.45, 7) is 7.23. The number of rotatable bonds is 4. The quantitative estimate of drug-likeness (QED) is 0.726. The third-order valence-corrected chi connectivity index (χ3v) is 3.00. The number of hydrogen-bond acceptors (Lipinski definition) is 3. The third-order valence-electron chi connectivity index (χ3n) is 3.00. The Hall–Kier alpha value is -0.120. The highest BCUT2D eigenvalue weighted by atomic mass is 16.3. The predicted molar refractivity (Wildman–Crippen MR) is 59.5 cm³/mol. The lowest BCUT2D eigenvalue weighted by molar-refractivity contribution is 0.150. The number of aliphatic hydroxyl groups is 1. The van der Waals surface area contributed by atoms with E-state index in [9.17, 15) is 0 Å². The molecular formula is C11H24N2O. The van der Waals surface area contributed by atoms with Crippen LogP contribution in [-0.2, 0) is 0 Å². The molecule has 0 aromatic heterocycles. The lowest BCUT2D eigenvalue weighted by Gasteiger charge is -2.30. The van der Waals surface area contributed by atoms with Gasteiger partial charge in [-0.2, -0.15) is 0 Å². The van der Waals surface area contributed by atoms with Gasteiger partial charge < -0.3 is 10.0 Å². The van der Waals surface area contributed by atoms with Gasteiger partial charge in [-0.05, 0) is 45.9 Å². The van der Waals surface area contributed by atoms with Gasteiger partial charge >= 0.3 is 0 Å². The van der Waals surface area contributed by atoms with E-state index in [2.05, 4.69) is 23.8 Å². The Morgan fingerprint density at radius 3 is 2.79 bits per heavy atom. The van der Waals surface area contributed by atoms with Crippen LogP contribution in [0.3, 0.4) is 0 Å². The largest absolute Gasteiger partial charge is 0.396 e. The molecular weight excluding hydrogens is 176 g/mol. The van der Waals surface area contributed by atoms with Gasteiger partial charge in [-0.1, -0.05) is 6.92 Å². The van der Waals surface area contributed by atoms with Crippen molar-refractivity contribution in [2.45, 2.75) is 32.2 Å². The van der Waals surface area contributed by atoms with Crippen molar-refractivity contribution >= 4 is 0 Å². The van der Waals surface area contributed by atoms with Gasteiger partial charge in [0, 0.05) is 19.2 Å². The molecule has 1 rings (SSSR count). The molecule has 0 amide bonds. The highest BCUT2D eigenvalue weighted by molar-refractivity contribution is 4.78. The molecule has 1 atom stereocenters. The van der Waals surface area contributed by atoms with Gasteiger partial charge in [-0.15, -0.1) is 0 Å². The molecule has 1 fully saturated rings. The molecule has 3 heteroatoms. The minimum atomic E-state index is 0.318. The molecule has 1 aliphatic heterocycles. The van der Waals surface area contributed by atoms with Crippen LogP contribution in [0, 0.1) is 0 Å². The molecule has 1 heterocycles. The van der Waals surface area contributed by atoms with E-state index in [0.717, 1.165) is 13.0 Å². The Morgan fingerprint density at radius 2 is 2.14 bits per heavy atom. The van der Waals surface area contributed by atoms with E-state index in [1.807, 2.05) is 0 Å². The Kier molecular flexibility index (Phi) is 5.45. The molecule has 0 saturated carbocycles. The van der Waals surface area contributed by atoms with Crippen molar-refractivity contribution in [1.82, 2.24) is 9.80 Å². The first-order valence-corrected chi connectivity index (χ1v) is 5.81. The second kappa shape index (κ2) is 6.38. The molecule has 0 aromatic carbocycles. The van der Waals surface area contributed by atoms with Crippen molar-refractivity contribution in [2.75, 3.05) is 39.8 Å².